The monoisotopic (exact) mass is 1350 g/mol. The lowest BCUT2D eigenvalue weighted by Gasteiger charge is -2.47. The molecule has 2 aliphatic carbocycles. The third-order valence-corrected chi connectivity index (χ3v) is 22.8. The van der Waals surface area contributed by atoms with E-state index in [-0.39, 0.29) is 62.7 Å². The fourth-order valence-corrected chi connectivity index (χ4v) is 17.1. The van der Waals surface area contributed by atoms with Crippen molar-refractivity contribution in [2.45, 2.75) is 242 Å². The Morgan fingerprint density at radius 2 is 0.979 bits per heavy atom. The van der Waals surface area contributed by atoms with Gasteiger partial charge in [0, 0.05) is 20.0 Å². The third-order valence-electron chi connectivity index (χ3n) is 19.5. The van der Waals surface area contributed by atoms with Crippen LogP contribution in [0.25, 0.3) is 0 Å². The van der Waals surface area contributed by atoms with Crippen molar-refractivity contribution in [1.29, 1.82) is 0 Å². The first-order valence-electron chi connectivity index (χ1n) is 34.8. The molecule has 0 spiro atoms. The normalized spacial score (nSPS) is 28.9. The lowest BCUT2D eigenvalue weighted by Crippen LogP contribution is -2.61. The van der Waals surface area contributed by atoms with E-state index in [4.69, 9.17) is 17.2 Å². The summed E-state index contributed by atoms with van der Waals surface area (Å²) in [7, 11) is 1.46. The number of Topliss-reactive ketones (excluding diaryl/α,β-unsaturated/α-hetero) is 1. The van der Waals surface area contributed by atoms with Crippen molar-refractivity contribution >= 4 is 82.5 Å². The summed E-state index contributed by atoms with van der Waals surface area (Å²) in [5, 5.41) is 20.7. The van der Waals surface area contributed by atoms with Crippen molar-refractivity contribution < 1.29 is 47.9 Å². The lowest BCUT2D eigenvalue weighted by atomic mass is 9.72. The topological polar surface area (TPSA) is 339 Å². The second-order valence-electron chi connectivity index (χ2n) is 28.5. The maximum atomic E-state index is 15.3. The molecule has 11 atom stereocenters. The number of ketones is 1. The molecule has 7 rings (SSSR count). The fourth-order valence-electron chi connectivity index (χ4n) is 14.1. The standard InChI is InChI=1S/C71H108N12O10S2/c1-40(2)35-51-63(87)79-53(37-44-23-13-12-14-24-44)68(92)82(11)55(29-17-20-33-74)64(88)80-58(42(5)6)66(90)76-50(28-16-19-32-73)62(86)78-52(36-41(3)4)69(93)83-34-22-30-54(83)60(84)56-38-47-45-25-21-26-46(45)48-39-57(95-71(48,10)70(47,9)94-56)65(89)81-59(43(7)8)67(91)75-49(61(85)77-51)27-15-18-31-72/h12-14,23-24,38-43,49-55,58-59H,15-22,25-37,72-74H2,1-11H3,(H,75,91)(H,76,90)(H,77,85)(H,78,86)(H,79,87)(H,80,88)(H,81,89)/t49-,50-,51-,52-,53+,54+,55-,58-,59-,70-,71-/m0/s1. The Kier molecular flexibility index (Phi) is 27.4. The van der Waals surface area contributed by atoms with Gasteiger partial charge < -0.3 is 64.2 Å². The Labute approximate surface area is 571 Å². The number of allylic oxidation sites excluding steroid dienone is 4. The summed E-state index contributed by atoms with van der Waals surface area (Å²) in [6.07, 6.45) is 11.0. The molecule has 6 aliphatic rings. The molecule has 24 heteroatoms. The highest BCUT2D eigenvalue weighted by atomic mass is 32.2. The Morgan fingerprint density at radius 3 is 1.51 bits per heavy atom. The van der Waals surface area contributed by atoms with E-state index in [0.717, 1.165) is 41.6 Å². The molecule has 1 saturated carbocycles. The number of carbonyl (C=O) groups is 10. The van der Waals surface area contributed by atoms with Crippen LogP contribution in [0.4, 0.5) is 0 Å². The molecule has 524 valence electrons. The molecule has 13 N–H and O–H groups in total. The third kappa shape index (κ3) is 18.3. The van der Waals surface area contributed by atoms with Crippen LogP contribution in [0.2, 0.25) is 0 Å². The van der Waals surface area contributed by atoms with Crippen LogP contribution in [0.1, 0.15) is 178 Å². The number of hydrogen-bond acceptors (Lipinski definition) is 15. The van der Waals surface area contributed by atoms with Gasteiger partial charge in [-0.1, -0.05) is 85.7 Å². The zero-order valence-electron chi connectivity index (χ0n) is 57.9. The summed E-state index contributed by atoms with van der Waals surface area (Å²) in [6, 6.07) is -1.22. The van der Waals surface area contributed by atoms with Crippen LogP contribution in [0, 0.1) is 23.7 Å². The van der Waals surface area contributed by atoms with E-state index in [9.17, 15) is 33.6 Å². The Morgan fingerprint density at radius 1 is 0.516 bits per heavy atom. The first-order chi connectivity index (χ1) is 45.1. The van der Waals surface area contributed by atoms with Gasteiger partial charge in [-0.05, 0) is 200 Å². The largest absolute Gasteiger partial charge is 0.343 e. The predicted octanol–water partition coefficient (Wildman–Crippen LogP) is 5.38. The molecule has 0 aromatic heterocycles. The van der Waals surface area contributed by atoms with Gasteiger partial charge in [-0.15, -0.1) is 23.5 Å². The van der Waals surface area contributed by atoms with Crippen molar-refractivity contribution in [3.8, 4) is 0 Å². The molecule has 95 heavy (non-hydrogen) atoms. The number of likely N-dealkylation sites (N-methyl/N-ethyl adjacent to an activating group) is 1. The van der Waals surface area contributed by atoms with Crippen LogP contribution in [0.3, 0.4) is 0 Å². The quantitative estimate of drug-likeness (QED) is 0.0733. The number of nitrogens with zero attached hydrogens (tertiary/aromatic N) is 2. The van der Waals surface area contributed by atoms with Gasteiger partial charge in [0.05, 0.1) is 25.3 Å². The summed E-state index contributed by atoms with van der Waals surface area (Å²) in [4.78, 5) is 153. The van der Waals surface area contributed by atoms with E-state index in [1.807, 2.05) is 45.9 Å². The van der Waals surface area contributed by atoms with Crippen LogP contribution >= 0.6 is 23.5 Å². The molecule has 1 aromatic rings. The van der Waals surface area contributed by atoms with Crippen molar-refractivity contribution in [3.63, 3.8) is 0 Å². The maximum absolute atomic E-state index is 15.3. The number of unbranched alkanes of at least 4 members (excludes halogenated alkanes) is 3. The molecule has 2 saturated heterocycles. The van der Waals surface area contributed by atoms with E-state index in [1.165, 1.54) is 35.5 Å². The number of fused-ring (bicyclic) bond motifs is 4. The lowest BCUT2D eigenvalue weighted by molar-refractivity contribution is -0.143. The predicted molar refractivity (Wildman–Crippen MR) is 373 cm³/mol. The highest BCUT2D eigenvalue weighted by Crippen LogP contribution is 2.68. The minimum Gasteiger partial charge on any atom is -0.343 e. The Balaban J connectivity index is 1.30. The van der Waals surface area contributed by atoms with Gasteiger partial charge in [-0.3, -0.25) is 47.9 Å². The summed E-state index contributed by atoms with van der Waals surface area (Å²) in [6.45, 7) is 20.2. The number of carbonyl (C=O) groups excluding carboxylic acids is 10. The van der Waals surface area contributed by atoms with Gasteiger partial charge in [0.25, 0.3) is 5.91 Å². The number of nitrogens with one attached hydrogen (secondary N) is 7. The van der Waals surface area contributed by atoms with Gasteiger partial charge >= 0.3 is 0 Å². The number of benzene rings is 1. The van der Waals surface area contributed by atoms with E-state index in [0.29, 0.717) is 86.4 Å². The summed E-state index contributed by atoms with van der Waals surface area (Å²) < 4.78 is -1.51. The number of hydrogen-bond donors (Lipinski definition) is 10. The van der Waals surface area contributed by atoms with Gasteiger partial charge in [0.1, 0.15) is 48.3 Å². The van der Waals surface area contributed by atoms with E-state index >= 15 is 14.4 Å². The van der Waals surface area contributed by atoms with Crippen molar-refractivity contribution in [2.75, 3.05) is 33.2 Å². The van der Waals surface area contributed by atoms with Crippen molar-refractivity contribution in [3.05, 3.63) is 80.2 Å². The van der Waals surface area contributed by atoms with Crippen molar-refractivity contribution in [1.82, 2.24) is 47.0 Å². The molecule has 4 bridgehead atoms. The van der Waals surface area contributed by atoms with Crippen LogP contribution < -0.4 is 54.4 Å². The molecule has 22 nitrogen and oxygen atoms in total. The SMILES string of the molecule is CC(C)C[C@@H]1NC(=O)[C@H](CCCCN)NC(=O)[C@H](C(C)C)NC(=O)C2=CC3=C4CCCC4=C4C=C(S[C@]4(C)[C@@]3(C)S2)C(=O)[C@H]2CCCN2C(=O)[C@H](CC(C)C)NC(=O)[C@H](CCCCN)NC(=O)[C@H](C(C)C)NC(=O)[C@H](CCCCN)N(C)C(=O)[C@@H](Cc2ccccc2)NC1=O. The van der Waals surface area contributed by atoms with Gasteiger partial charge in [-0.2, -0.15) is 0 Å². The highest BCUT2D eigenvalue weighted by molar-refractivity contribution is 8.10. The summed E-state index contributed by atoms with van der Waals surface area (Å²) >= 11 is 2.86. The minimum absolute atomic E-state index is 0.0108. The first-order valence-corrected chi connectivity index (χ1v) is 36.4. The van der Waals surface area contributed by atoms with Gasteiger partial charge in [0.2, 0.25) is 47.3 Å². The minimum atomic E-state index is -1.28. The average molecular weight is 1350 g/mol. The molecule has 3 fully saturated rings. The highest BCUT2D eigenvalue weighted by Gasteiger charge is 2.61. The smallest absolute Gasteiger partial charge is 0.258 e. The van der Waals surface area contributed by atoms with Crippen LogP contribution in [-0.4, -0.2) is 166 Å². The maximum Gasteiger partial charge on any atom is 0.258 e. The molecule has 9 amide bonds. The molecule has 1 aromatic carbocycles. The molecule has 4 aliphatic heterocycles. The average Bonchev–Trinajstić information content (AvgIpc) is 1.53. The number of nitrogens with two attached hydrogens (primary N) is 3. The van der Waals surface area contributed by atoms with Gasteiger partial charge in [0.15, 0.2) is 5.78 Å². The summed E-state index contributed by atoms with van der Waals surface area (Å²) in [5.41, 5.74) is 22.8. The fraction of sp³-hybridized carbons (Fsp3) is 0.662. The Hall–Kier alpha value is -6.34. The second kappa shape index (κ2) is 34.2. The van der Waals surface area contributed by atoms with Crippen LogP contribution in [0.15, 0.2) is 74.6 Å². The molecular formula is C71H108N12O10S2. The zero-order valence-corrected chi connectivity index (χ0v) is 59.6. The van der Waals surface area contributed by atoms with Crippen molar-refractivity contribution in [2.24, 2.45) is 40.9 Å². The van der Waals surface area contributed by atoms with E-state index < -0.39 is 129 Å². The molecule has 0 unspecified atom stereocenters. The van der Waals surface area contributed by atoms with Gasteiger partial charge in [-0.25, -0.2) is 0 Å². The number of rotatable bonds is 20. The van der Waals surface area contributed by atoms with Crippen LogP contribution in [-0.2, 0) is 54.4 Å². The van der Waals surface area contributed by atoms with E-state index in [1.54, 1.807) is 56.9 Å². The number of thioether (sulfide) groups is 2. The first kappa shape index (κ1) is 76.0. The van der Waals surface area contributed by atoms with E-state index in [2.05, 4.69) is 51.1 Å². The molecular weight excluding hydrogens is 1240 g/mol. The Bertz CT molecular complexity index is 3130. The second-order valence-corrected chi connectivity index (χ2v) is 31.4. The number of amides is 9. The molecule has 0 radical (unpaired) electrons. The zero-order chi connectivity index (χ0) is 69.6. The van der Waals surface area contributed by atoms with Crippen LogP contribution in [0.5, 0.6) is 0 Å². The molecule has 4 heterocycles. The summed E-state index contributed by atoms with van der Waals surface area (Å²) in [5.74, 6) is -6.82.